The summed E-state index contributed by atoms with van der Waals surface area (Å²) in [5.74, 6) is 0. The fourth-order valence-corrected chi connectivity index (χ4v) is 1.95. The Labute approximate surface area is 85.4 Å². The van der Waals surface area contributed by atoms with Crippen LogP contribution >= 0.6 is 15.9 Å². The summed E-state index contributed by atoms with van der Waals surface area (Å²) < 4.78 is 0.846. The smallest absolute Gasteiger partial charge is 0.138 e. The summed E-state index contributed by atoms with van der Waals surface area (Å²) in [6.07, 6.45) is -0.546. The van der Waals surface area contributed by atoms with Gasteiger partial charge in [-0.1, -0.05) is 46.3 Å². The first-order chi connectivity index (χ1) is 6.29. The van der Waals surface area contributed by atoms with Crippen molar-refractivity contribution in [3.05, 3.63) is 40.4 Å². The number of rotatable bonds is 1. The van der Waals surface area contributed by atoms with E-state index >= 15 is 0 Å². The first kappa shape index (κ1) is 8.94. The highest BCUT2D eigenvalue weighted by Crippen LogP contribution is 2.28. The van der Waals surface area contributed by atoms with Crippen molar-refractivity contribution in [2.75, 3.05) is 6.54 Å². The molecule has 0 saturated heterocycles. The second-order valence-corrected chi connectivity index (χ2v) is 3.83. The molecule has 0 aliphatic carbocycles. The Morgan fingerprint density at radius 2 is 2.00 bits per heavy atom. The minimum atomic E-state index is -0.546. The second kappa shape index (κ2) is 3.62. The second-order valence-electron chi connectivity index (χ2n) is 2.98. The lowest BCUT2D eigenvalue weighted by Gasteiger charge is -2.01. The number of hydrogen-bond donors (Lipinski definition) is 2. The topological polar surface area (TPSA) is 32.3 Å². The summed E-state index contributed by atoms with van der Waals surface area (Å²) in [6, 6.07) is 10.0. The zero-order chi connectivity index (χ0) is 9.26. The third-order valence-corrected chi connectivity index (χ3v) is 3.04. The van der Waals surface area contributed by atoms with Crippen LogP contribution in [0.5, 0.6) is 0 Å². The van der Waals surface area contributed by atoms with Gasteiger partial charge in [-0.3, -0.25) is 5.32 Å². The maximum Gasteiger partial charge on any atom is 0.138 e. The Morgan fingerprint density at radius 3 is 2.54 bits per heavy atom. The van der Waals surface area contributed by atoms with E-state index in [9.17, 15) is 5.11 Å². The molecule has 1 aromatic carbocycles. The van der Waals surface area contributed by atoms with Crippen LogP contribution in [0.25, 0.3) is 5.57 Å². The third-order valence-electron chi connectivity index (χ3n) is 2.12. The molecule has 2 nitrogen and oxygen atoms in total. The van der Waals surface area contributed by atoms with E-state index in [2.05, 4.69) is 21.2 Å². The van der Waals surface area contributed by atoms with Crippen molar-refractivity contribution in [3.8, 4) is 0 Å². The molecule has 0 aromatic heterocycles. The number of aliphatic hydroxyl groups is 1. The van der Waals surface area contributed by atoms with E-state index in [0.29, 0.717) is 6.54 Å². The van der Waals surface area contributed by atoms with Crippen molar-refractivity contribution in [1.29, 1.82) is 0 Å². The molecule has 1 aliphatic heterocycles. The van der Waals surface area contributed by atoms with E-state index in [0.717, 1.165) is 15.6 Å². The van der Waals surface area contributed by atoms with Crippen molar-refractivity contribution in [1.82, 2.24) is 5.32 Å². The summed E-state index contributed by atoms with van der Waals surface area (Å²) in [4.78, 5) is 0. The summed E-state index contributed by atoms with van der Waals surface area (Å²) in [5, 5.41) is 12.4. The fraction of sp³-hybridized carbons (Fsp3) is 0.200. The summed E-state index contributed by atoms with van der Waals surface area (Å²) in [5.41, 5.74) is 2.28. The molecule has 68 valence electrons. The average molecular weight is 240 g/mol. The summed E-state index contributed by atoms with van der Waals surface area (Å²) >= 11 is 3.37. The van der Waals surface area contributed by atoms with E-state index in [1.807, 2.05) is 30.3 Å². The molecule has 1 aliphatic rings. The van der Waals surface area contributed by atoms with Crippen molar-refractivity contribution in [3.63, 3.8) is 0 Å². The van der Waals surface area contributed by atoms with Gasteiger partial charge in [-0.15, -0.1) is 0 Å². The molecule has 2 N–H and O–H groups in total. The van der Waals surface area contributed by atoms with Gasteiger partial charge in [0.05, 0.1) is 0 Å². The standard InChI is InChI=1S/C10H10BrNO/c11-9-8(6-12-10(9)13)7-4-2-1-3-5-7/h1-5,10,12-13H,6H2. The van der Waals surface area contributed by atoms with Crippen molar-refractivity contribution in [2.24, 2.45) is 0 Å². The number of nitrogens with one attached hydrogen (secondary N) is 1. The van der Waals surface area contributed by atoms with E-state index in [1.54, 1.807) is 0 Å². The Balaban J connectivity index is 2.38. The molecule has 0 bridgehead atoms. The number of benzene rings is 1. The van der Waals surface area contributed by atoms with Crippen LogP contribution in [0.3, 0.4) is 0 Å². The maximum absolute atomic E-state index is 9.41. The molecule has 1 aromatic rings. The Hall–Kier alpha value is -0.640. The number of hydrogen-bond acceptors (Lipinski definition) is 2. The van der Waals surface area contributed by atoms with Gasteiger partial charge in [0.25, 0.3) is 0 Å². The van der Waals surface area contributed by atoms with Gasteiger partial charge in [-0.25, -0.2) is 0 Å². The zero-order valence-corrected chi connectivity index (χ0v) is 8.58. The monoisotopic (exact) mass is 239 g/mol. The highest BCUT2D eigenvalue weighted by Gasteiger charge is 2.21. The van der Waals surface area contributed by atoms with E-state index < -0.39 is 6.23 Å². The normalized spacial score (nSPS) is 22.5. The highest BCUT2D eigenvalue weighted by molar-refractivity contribution is 9.11. The zero-order valence-electron chi connectivity index (χ0n) is 7.00. The van der Waals surface area contributed by atoms with Crippen LogP contribution in [-0.4, -0.2) is 17.9 Å². The van der Waals surface area contributed by atoms with Crippen LogP contribution in [-0.2, 0) is 0 Å². The van der Waals surface area contributed by atoms with E-state index in [4.69, 9.17) is 0 Å². The molecule has 0 amide bonds. The van der Waals surface area contributed by atoms with Crippen LogP contribution < -0.4 is 5.32 Å². The van der Waals surface area contributed by atoms with Crippen LogP contribution in [0.2, 0.25) is 0 Å². The first-order valence-corrected chi connectivity index (χ1v) is 4.94. The van der Waals surface area contributed by atoms with Crippen LogP contribution in [0.15, 0.2) is 34.8 Å². The average Bonchev–Trinajstić information content (AvgIpc) is 2.49. The molecular weight excluding hydrogens is 230 g/mol. The number of halogens is 1. The first-order valence-electron chi connectivity index (χ1n) is 4.14. The molecular formula is C10H10BrNO. The molecule has 1 heterocycles. The van der Waals surface area contributed by atoms with E-state index in [1.165, 1.54) is 0 Å². The Morgan fingerprint density at radius 1 is 1.31 bits per heavy atom. The van der Waals surface area contributed by atoms with Gasteiger partial charge in [0.1, 0.15) is 6.23 Å². The van der Waals surface area contributed by atoms with Crippen molar-refractivity contribution >= 4 is 21.5 Å². The lowest BCUT2D eigenvalue weighted by Crippen LogP contribution is -2.22. The molecule has 2 rings (SSSR count). The molecule has 0 fully saturated rings. The Bertz CT molecular complexity index is 334. The fourth-order valence-electron chi connectivity index (χ4n) is 1.42. The van der Waals surface area contributed by atoms with Crippen molar-refractivity contribution in [2.45, 2.75) is 6.23 Å². The van der Waals surface area contributed by atoms with Crippen LogP contribution in [0.4, 0.5) is 0 Å². The van der Waals surface area contributed by atoms with Crippen LogP contribution in [0, 0.1) is 0 Å². The molecule has 1 atom stereocenters. The minimum absolute atomic E-state index is 0.546. The maximum atomic E-state index is 9.41. The van der Waals surface area contributed by atoms with Gasteiger partial charge in [0.2, 0.25) is 0 Å². The summed E-state index contributed by atoms with van der Waals surface area (Å²) in [6.45, 7) is 0.714. The van der Waals surface area contributed by atoms with Gasteiger partial charge in [0, 0.05) is 11.0 Å². The van der Waals surface area contributed by atoms with Gasteiger partial charge >= 0.3 is 0 Å². The SMILES string of the molecule is OC1NCC(c2ccccc2)=C1Br. The molecule has 0 radical (unpaired) electrons. The van der Waals surface area contributed by atoms with Gasteiger partial charge < -0.3 is 5.11 Å². The molecule has 0 saturated carbocycles. The molecule has 0 spiro atoms. The molecule has 13 heavy (non-hydrogen) atoms. The minimum Gasteiger partial charge on any atom is -0.374 e. The Kier molecular flexibility index (Phi) is 2.49. The predicted molar refractivity (Wildman–Crippen MR) is 56.3 cm³/mol. The quantitative estimate of drug-likeness (QED) is 0.783. The van der Waals surface area contributed by atoms with Crippen LogP contribution in [0.1, 0.15) is 5.56 Å². The lowest BCUT2D eigenvalue weighted by atomic mass is 10.1. The lowest BCUT2D eigenvalue weighted by molar-refractivity contribution is 0.196. The third kappa shape index (κ3) is 1.68. The molecule has 3 heteroatoms. The summed E-state index contributed by atoms with van der Waals surface area (Å²) in [7, 11) is 0. The number of aliphatic hydroxyl groups excluding tert-OH is 1. The highest BCUT2D eigenvalue weighted by atomic mass is 79.9. The van der Waals surface area contributed by atoms with Gasteiger partial charge in [0.15, 0.2) is 0 Å². The van der Waals surface area contributed by atoms with Gasteiger partial charge in [-0.05, 0) is 11.1 Å². The largest absolute Gasteiger partial charge is 0.374 e. The predicted octanol–water partition coefficient (Wildman–Crippen LogP) is 1.71. The molecule has 1 unspecified atom stereocenters. The van der Waals surface area contributed by atoms with E-state index in [-0.39, 0.29) is 0 Å². The van der Waals surface area contributed by atoms with Gasteiger partial charge in [-0.2, -0.15) is 0 Å². The van der Waals surface area contributed by atoms with Crippen molar-refractivity contribution < 1.29 is 5.11 Å².